The summed E-state index contributed by atoms with van der Waals surface area (Å²) in [5.74, 6) is 0.164. The van der Waals surface area contributed by atoms with Gasteiger partial charge in [-0.1, -0.05) is 24.6 Å². The Kier molecular flexibility index (Phi) is 5.63. The first-order chi connectivity index (χ1) is 16.0. The number of aryl methyl sites for hydroxylation is 1. The van der Waals surface area contributed by atoms with Gasteiger partial charge in [-0.25, -0.2) is 0 Å². The van der Waals surface area contributed by atoms with Gasteiger partial charge in [0.05, 0.1) is 30.5 Å². The first-order valence-corrected chi connectivity index (χ1v) is 11.2. The lowest BCUT2D eigenvalue weighted by atomic mass is 9.68. The fraction of sp³-hybridized carbons (Fsp3) is 0.375. The number of rotatable bonds is 6. The first kappa shape index (κ1) is 21.3. The highest BCUT2D eigenvalue weighted by Gasteiger charge is 2.44. The number of nitrogens with one attached hydrogen (secondary N) is 1. The van der Waals surface area contributed by atoms with E-state index in [1.807, 2.05) is 31.2 Å². The zero-order chi connectivity index (χ0) is 22.8. The molecule has 2 fully saturated rings. The van der Waals surface area contributed by atoms with Gasteiger partial charge in [0, 0.05) is 23.6 Å². The highest BCUT2D eigenvalue weighted by atomic mass is 16.5. The molecule has 1 saturated heterocycles. The van der Waals surface area contributed by atoms with E-state index in [1.165, 1.54) is 25.5 Å². The number of benzene rings is 1. The van der Waals surface area contributed by atoms with E-state index in [1.54, 1.807) is 23.1 Å². The number of tetrazole rings is 1. The minimum absolute atomic E-state index is 0.133. The Morgan fingerprint density at radius 2 is 2.21 bits per heavy atom. The largest absolute Gasteiger partial charge is 0.404 e. The van der Waals surface area contributed by atoms with Gasteiger partial charge >= 0.3 is 0 Å². The summed E-state index contributed by atoms with van der Waals surface area (Å²) in [5, 5.41) is 15.9. The Hall–Kier alpha value is -3.59. The number of amides is 1. The predicted octanol–water partition coefficient (Wildman–Crippen LogP) is 2.94. The number of anilines is 1. The molecule has 33 heavy (non-hydrogen) atoms. The molecule has 3 N–H and O–H groups in total. The van der Waals surface area contributed by atoms with E-state index in [2.05, 4.69) is 25.7 Å². The molecule has 3 aromatic rings. The van der Waals surface area contributed by atoms with Gasteiger partial charge in [-0.05, 0) is 60.6 Å². The van der Waals surface area contributed by atoms with Crippen LogP contribution >= 0.6 is 0 Å². The second-order valence-corrected chi connectivity index (χ2v) is 8.94. The molecule has 1 atom stereocenters. The maximum atomic E-state index is 12.9. The van der Waals surface area contributed by atoms with Crippen LogP contribution in [0.2, 0.25) is 0 Å². The van der Waals surface area contributed by atoms with Crippen LogP contribution < -0.4 is 11.1 Å². The number of pyridine rings is 1. The summed E-state index contributed by atoms with van der Waals surface area (Å²) in [6, 6.07) is 11.0. The molecule has 3 heterocycles. The fourth-order valence-corrected chi connectivity index (χ4v) is 4.54. The lowest BCUT2D eigenvalue weighted by Gasteiger charge is -2.36. The van der Waals surface area contributed by atoms with E-state index < -0.39 is 0 Å². The molecular formula is C24H27N7O2. The summed E-state index contributed by atoms with van der Waals surface area (Å²) in [6.45, 7) is 3.36. The highest BCUT2D eigenvalue weighted by Crippen LogP contribution is 2.49. The standard InChI is InChI=1S/C24H27N7O2/c1-16-6-7-17(11-21(16)27-23(32)19(13-25)20-5-2-3-10-26-20)22-28-30-31(29-22)14-18-12-24(15-33-18)8-4-9-24/h2-3,5-7,10-11,13,18H,4,8-9,12,14-15,25H2,1H3,(H,27,32)/b19-13+. The molecule has 1 amide bonds. The van der Waals surface area contributed by atoms with Crippen LogP contribution in [0.15, 0.2) is 48.8 Å². The highest BCUT2D eigenvalue weighted by molar-refractivity contribution is 6.24. The topological polar surface area (TPSA) is 121 Å². The third-order valence-electron chi connectivity index (χ3n) is 6.62. The van der Waals surface area contributed by atoms with Crippen molar-refractivity contribution in [1.82, 2.24) is 25.2 Å². The molecular weight excluding hydrogens is 418 g/mol. The van der Waals surface area contributed by atoms with E-state index in [-0.39, 0.29) is 12.0 Å². The Bertz CT molecular complexity index is 1180. The Morgan fingerprint density at radius 3 is 2.91 bits per heavy atom. The molecule has 9 nitrogen and oxygen atoms in total. The van der Waals surface area contributed by atoms with Crippen molar-refractivity contribution in [3.05, 3.63) is 60.1 Å². The van der Waals surface area contributed by atoms with E-state index in [4.69, 9.17) is 10.5 Å². The number of hydrogen-bond acceptors (Lipinski definition) is 7. The quantitative estimate of drug-likeness (QED) is 0.560. The van der Waals surface area contributed by atoms with Gasteiger partial charge in [0.1, 0.15) is 0 Å². The molecule has 0 bridgehead atoms. The number of carbonyl (C=O) groups excluding carboxylic acids is 1. The Balaban J connectivity index is 1.29. The van der Waals surface area contributed by atoms with Crippen molar-refractivity contribution in [3.8, 4) is 11.4 Å². The molecule has 2 aliphatic rings. The predicted molar refractivity (Wildman–Crippen MR) is 124 cm³/mol. The Labute approximate surface area is 192 Å². The summed E-state index contributed by atoms with van der Waals surface area (Å²) in [7, 11) is 0. The van der Waals surface area contributed by atoms with E-state index >= 15 is 0 Å². The van der Waals surface area contributed by atoms with Crippen LogP contribution in [-0.4, -0.2) is 43.8 Å². The second kappa shape index (κ2) is 8.74. The van der Waals surface area contributed by atoms with Crippen molar-refractivity contribution in [1.29, 1.82) is 0 Å². The summed E-state index contributed by atoms with van der Waals surface area (Å²) in [5.41, 5.74) is 9.23. The molecule has 1 spiro atoms. The molecule has 1 aliphatic carbocycles. The third kappa shape index (κ3) is 4.36. The van der Waals surface area contributed by atoms with Crippen molar-refractivity contribution < 1.29 is 9.53 Å². The average Bonchev–Trinajstić information content (AvgIpc) is 3.44. The van der Waals surface area contributed by atoms with Crippen LogP contribution in [0.5, 0.6) is 0 Å². The second-order valence-electron chi connectivity index (χ2n) is 8.94. The minimum atomic E-state index is -0.337. The summed E-state index contributed by atoms with van der Waals surface area (Å²) >= 11 is 0. The lowest BCUT2D eigenvalue weighted by Crippen LogP contribution is -2.30. The molecule has 0 radical (unpaired) electrons. The van der Waals surface area contributed by atoms with Crippen molar-refractivity contribution in [3.63, 3.8) is 0 Å². The molecule has 5 rings (SSSR count). The van der Waals surface area contributed by atoms with Crippen LogP contribution in [0.25, 0.3) is 17.0 Å². The van der Waals surface area contributed by atoms with Crippen LogP contribution in [0.4, 0.5) is 5.69 Å². The van der Waals surface area contributed by atoms with E-state index in [9.17, 15) is 4.79 Å². The maximum Gasteiger partial charge on any atom is 0.259 e. The van der Waals surface area contributed by atoms with Gasteiger partial charge in [0.2, 0.25) is 5.82 Å². The third-order valence-corrected chi connectivity index (χ3v) is 6.62. The lowest BCUT2D eigenvalue weighted by molar-refractivity contribution is -0.111. The monoisotopic (exact) mass is 445 g/mol. The van der Waals surface area contributed by atoms with Gasteiger partial charge in [-0.15, -0.1) is 10.2 Å². The normalized spacial score (nSPS) is 19.4. The summed E-state index contributed by atoms with van der Waals surface area (Å²) in [4.78, 5) is 18.7. The number of nitrogens with zero attached hydrogens (tertiary/aromatic N) is 5. The zero-order valence-electron chi connectivity index (χ0n) is 18.6. The molecule has 1 aromatic carbocycles. The van der Waals surface area contributed by atoms with Crippen LogP contribution in [0.1, 0.15) is 36.9 Å². The SMILES string of the molecule is Cc1ccc(-c2nnn(CC3CC4(CCC4)CO3)n2)cc1NC(=O)/C(=C/N)c1ccccn1. The maximum absolute atomic E-state index is 12.9. The van der Waals surface area contributed by atoms with Gasteiger partial charge in [0.25, 0.3) is 5.91 Å². The Morgan fingerprint density at radius 1 is 1.33 bits per heavy atom. The van der Waals surface area contributed by atoms with Crippen molar-refractivity contribution in [2.75, 3.05) is 11.9 Å². The van der Waals surface area contributed by atoms with Gasteiger partial charge in [-0.3, -0.25) is 9.78 Å². The number of ether oxygens (including phenoxy) is 1. The van der Waals surface area contributed by atoms with Crippen molar-refractivity contribution in [2.45, 2.75) is 45.3 Å². The molecule has 1 unspecified atom stereocenters. The van der Waals surface area contributed by atoms with Crippen LogP contribution in [0.3, 0.4) is 0 Å². The van der Waals surface area contributed by atoms with Gasteiger partial charge in [-0.2, -0.15) is 4.80 Å². The molecule has 2 aromatic heterocycles. The number of aromatic nitrogens is 5. The van der Waals surface area contributed by atoms with Crippen LogP contribution in [0, 0.1) is 12.3 Å². The number of hydrogen-bond donors (Lipinski definition) is 2. The average molecular weight is 446 g/mol. The molecule has 9 heteroatoms. The van der Waals surface area contributed by atoms with Crippen LogP contribution in [-0.2, 0) is 16.1 Å². The van der Waals surface area contributed by atoms with E-state index in [0.717, 1.165) is 24.2 Å². The van der Waals surface area contributed by atoms with Gasteiger partial charge < -0.3 is 15.8 Å². The summed E-state index contributed by atoms with van der Waals surface area (Å²) < 4.78 is 5.98. The first-order valence-electron chi connectivity index (χ1n) is 11.2. The fourth-order valence-electron chi connectivity index (χ4n) is 4.54. The molecule has 1 saturated carbocycles. The van der Waals surface area contributed by atoms with Gasteiger partial charge in [0.15, 0.2) is 0 Å². The minimum Gasteiger partial charge on any atom is -0.404 e. The smallest absolute Gasteiger partial charge is 0.259 e. The number of nitrogens with two attached hydrogens (primary N) is 1. The van der Waals surface area contributed by atoms with Crippen molar-refractivity contribution in [2.24, 2.45) is 11.1 Å². The van der Waals surface area contributed by atoms with Crippen molar-refractivity contribution >= 4 is 17.2 Å². The molecule has 1 aliphatic heterocycles. The number of carbonyl (C=O) groups is 1. The summed E-state index contributed by atoms with van der Waals surface area (Å²) in [6.07, 6.45) is 7.92. The zero-order valence-corrected chi connectivity index (χ0v) is 18.6. The molecule has 170 valence electrons. The van der Waals surface area contributed by atoms with E-state index in [0.29, 0.717) is 34.7 Å².